The fourth-order valence-electron chi connectivity index (χ4n) is 2.10. The Morgan fingerprint density at radius 3 is 1.88 bits per heavy atom. The number of aromatic nitrogens is 1. The Labute approximate surface area is 104 Å². The highest BCUT2D eigenvalue weighted by Crippen LogP contribution is 2.04. The fraction of sp³-hybridized carbons (Fsp3) is 0.643. The smallest absolute Gasteiger partial charge is 0.217 e. The zero-order valence-electron chi connectivity index (χ0n) is 11.6. The monoisotopic (exact) mass is 238 g/mol. The summed E-state index contributed by atoms with van der Waals surface area (Å²) < 4.78 is 13.4. The lowest BCUT2D eigenvalue weighted by atomic mass is 10.2. The van der Waals surface area contributed by atoms with Crippen LogP contribution in [0.1, 0.15) is 30.8 Å². The molecular weight excluding hydrogens is 214 g/mol. The lowest BCUT2D eigenvalue weighted by Crippen LogP contribution is -2.46. The summed E-state index contributed by atoms with van der Waals surface area (Å²) in [5, 5.41) is 0. The van der Waals surface area contributed by atoms with Gasteiger partial charge in [-0.25, -0.2) is 0 Å². The molecule has 0 saturated heterocycles. The van der Waals surface area contributed by atoms with E-state index in [9.17, 15) is 0 Å². The van der Waals surface area contributed by atoms with Crippen molar-refractivity contribution >= 4 is 0 Å². The highest BCUT2D eigenvalue weighted by Gasteiger charge is 2.19. The summed E-state index contributed by atoms with van der Waals surface area (Å²) in [6.07, 6.45) is -0.157. The number of aryl methyl sites for hydroxylation is 3. The lowest BCUT2D eigenvalue weighted by Gasteiger charge is -2.15. The van der Waals surface area contributed by atoms with E-state index in [0.29, 0.717) is 13.2 Å². The molecular formula is C14H24NO2+. The van der Waals surface area contributed by atoms with Crippen LogP contribution in [0.4, 0.5) is 0 Å². The average molecular weight is 238 g/mol. The summed E-state index contributed by atoms with van der Waals surface area (Å²) >= 11 is 0. The molecule has 1 aromatic rings. The summed E-state index contributed by atoms with van der Waals surface area (Å²) in [4.78, 5) is 0. The molecule has 0 fully saturated rings. The summed E-state index contributed by atoms with van der Waals surface area (Å²) in [6.45, 7) is 12.4. The Morgan fingerprint density at radius 1 is 1.00 bits per heavy atom. The van der Waals surface area contributed by atoms with E-state index in [0.717, 1.165) is 6.54 Å². The molecule has 0 aromatic carbocycles. The normalized spacial score (nSPS) is 11.2. The van der Waals surface area contributed by atoms with Gasteiger partial charge in [0.05, 0.1) is 0 Å². The van der Waals surface area contributed by atoms with Crippen LogP contribution in [-0.2, 0) is 16.0 Å². The molecule has 96 valence electrons. The first kappa shape index (κ1) is 14.1. The number of pyridine rings is 1. The third-order valence-corrected chi connectivity index (χ3v) is 2.76. The van der Waals surface area contributed by atoms with Crippen molar-refractivity contribution < 1.29 is 14.0 Å². The van der Waals surface area contributed by atoms with Crippen LogP contribution in [0, 0.1) is 20.8 Å². The van der Waals surface area contributed by atoms with Gasteiger partial charge >= 0.3 is 0 Å². The van der Waals surface area contributed by atoms with E-state index in [1.54, 1.807) is 0 Å². The van der Waals surface area contributed by atoms with Crippen LogP contribution in [-0.4, -0.2) is 19.5 Å². The summed E-state index contributed by atoms with van der Waals surface area (Å²) in [5.74, 6) is 0. The standard InChI is InChI=1S/C14H24NO2/c1-6-16-14(17-7-2)10-15-12(4)8-11(3)9-13(15)5/h8-9,14H,6-7,10H2,1-5H3/q+1. The van der Waals surface area contributed by atoms with Gasteiger partial charge in [0, 0.05) is 39.2 Å². The van der Waals surface area contributed by atoms with Gasteiger partial charge in [-0.3, -0.25) is 0 Å². The van der Waals surface area contributed by atoms with Crippen molar-refractivity contribution in [3.05, 3.63) is 29.1 Å². The van der Waals surface area contributed by atoms with Gasteiger partial charge in [-0.1, -0.05) is 0 Å². The predicted molar refractivity (Wildman–Crippen MR) is 67.9 cm³/mol. The van der Waals surface area contributed by atoms with Crippen molar-refractivity contribution in [1.82, 2.24) is 0 Å². The maximum Gasteiger partial charge on any atom is 0.217 e. The van der Waals surface area contributed by atoms with E-state index in [1.807, 2.05) is 13.8 Å². The maximum atomic E-state index is 5.58. The van der Waals surface area contributed by atoms with Crippen molar-refractivity contribution in [1.29, 1.82) is 0 Å². The molecule has 0 unspecified atom stereocenters. The second-order valence-corrected chi connectivity index (χ2v) is 4.27. The van der Waals surface area contributed by atoms with Gasteiger partial charge in [0.25, 0.3) is 0 Å². The topological polar surface area (TPSA) is 22.3 Å². The third kappa shape index (κ3) is 4.10. The Hall–Kier alpha value is -0.930. The summed E-state index contributed by atoms with van der Waals surface area (Å²) in [6, 6.07) is 4.36. The largest absolute Gasteiger partial charge is 0.347 e. The first-order valence-corrected chi connectivity index (χ1v) is 6.29. The zero-order valence-corrected chi connectivity index (χ0v) is 11.6. The fourth-order valence-corrected chi connectivity index (χ4v) is 2.10. The van der Waals surface area contributed by atoms with Gasteiger partial charge in [-0.15, -0.1) is 0 Å². The first-order chi connectivity index (χ1) is 8.08. The molecule has 0 N–H and O–H groups in total. The lowest BCUT2D eigenvalue weighted by molar-refractivity contribution is -0.721. The van der Waals surface area contributed by atoms with E-state index in [2.05, 4.69) is 37.5 Å². The second kappa shape index (κ2) is 6.72. The Bertz CT molecular complexity index is 334. The van der Waals surface area contributed by atoms with E-state index in [1.165, 1.54) is 17.0 Å². The van der Waals surface area contributed by atoms with Crippen molar-refractivity contribution in [3.63, 3.8) is 0 Å². The summed E-state index contributed by atoms with van der Waals surface area (Å²) in [5.41, 5.74) is 3.78. The number of rotatable bonds is 6. The molecule has 0 spiro atoms. The Balaban J connectivity index is 2.84. The number of hydrogen-bond acceptors (Lipinski definition) is 2. The highest BCUT2D eigenvalue weighted by molar-refractivity contribution is 5.13. The van der Waals surface area contributed by atoms with Crippen molar-refractivity contribution in [3.8, 4) is 0 Å². The van der Waals surface area contributed by atoms with Gasteiger partial charge in [0.15, 0.2) is 17.9 Å². The molecule has 0 aliphatic carbocycles. The quantitative estimate of drug-likeness (QED) is 0.560. The van der Waals surface area contributed by atoms with Crippen LogP contribution < -0.4 is 4.57 Å². The number of hydrogen-bond donors (Lipinski definition) is 0. The van der Waals surface area contributed by atoms with Crippen LogP contribution in [0.3, 0.4) is 0 Å². The molecule has 0 radical (unpaired) electrons. The minimum atomic E-state index is -0.157. The highest BCUT2D eigenvalue weighted by atomic mass is 16.7. The van der Waals surface area contributed by atoms with Crippen molar-refractivity contribution in [2.75, 3.05) is 13.2 Å². The molecule has 1 aromatic heterocycles. The number of nitrogens with zero attached hydrogens (tertiary/aromatic N) is 1. The molecule has 0 saturated carbocycles. The molecule has 0 amide bonds. The van der Waals surface area contributed by atoms with Crippen LogP contribution in [0.25, 0.3) is 0 Å². The van der Waals surface area contributed by atoms with Crippen molar-refractivity contribution in [2.24, 2.45) is 0 Å². The molecule has 17 heavy (non-hydrogen) atoms. The van der Waals surface area contributed by atoms with Gasteiger partial charge in [-0.05, 0) is 26.3 Å². The molecule has 0 aliphatic rings. The second-order valence-electron chi connectivity index (χ2n) is 4.27. The maximum absolute atomic E-state index is 5.58. The zero-order chi connectivity index (χ0) is 12.8. The molecule has 0 aliphatic heterocycles. The van der Waals surface area contributed by atoms with E-state index in [4.69, 9.17) is 9.47 Å². The Morgan fingerprint density at radius 2 is 1.47 bits per heavy atom. The molecule has 1 heterocycles. The molecule has 3 heteroatoms. The minimum absolute atomic E-state index is 0.157. The van der Waals surface area contributed by atoms with Crippen LogP contribution >= 0.6 is 0 Å². The molecule has 0 atom stereocenters. The van der Waals surface area contributed by atoms with Gasteiger partial charge in [0.1, 0.15) is 0 Å². The molecule has 3 nitrogen and oxygen atoms in total. The first-order valence-electron chi connectivity index (χ1n) is 6.29. The van der Waals surface area contributed by atoms with Gasteiger partial charge in [0.2, 0.25) is 6.29 Å². The average Bonchev–Trinajstić information content (AvgIpc) is 2.23. The summed E-state index contributed by atoms with van der Waals surface area (Å²) in [7, 11) is 0. The molecule has 1 rings (SSSR count). The van der Waals surface area contributed by atoms with Crippen molar-refractivity contribution in [2.45, 2.75) is 47.5 Å². The number of ether oxygens (including phenoxy) is 2. The van der Waals surface area contributed by atoms with Crippen LogP contribution in [0.5, 0.6) is 0 Å². The van der Waals surface area contributed by atoms with E-state index in [-0.39, 0.29) is 6.29 Å². The third-order valence-electron chi connectivity index (χ3n) is 2.76. The van der Waals surface area contributed by atoms with Crippen LogP contribution in [0.2, 0.25) is 0 Å². The Kier molecular flexibility index (Phi) is 5.59. The van der Waals surface area contributed by atoms with E-state index < -0.39 is 0 Å². The minimum Gasteiger partial charge on any atom is -0.347 e. The SMILES string of the molecule is CCOC(C[n+]1c(C)cc(C)cc1C)OCC. The van der Waals surface area contributed by atoms with Gasteiger partial charge in [-0.2, -0.15) is 4.57 Å². The molecule has 0 bridgehead atoms. The van der Waals surface area contributed by atoms with E-state index >= 15 is 0 Å². The van der Waals surface area contributed by atoms with Gasteiger partial charge < -0.3 is 9.47 Å². The van der Waals surface area contributed by atoms with Crippen LogP contribution in [0.15, 0.2) is 12.1 Å². The predicted octanol–water partition coefficient (Wildman–Crippen LogP) is 2.30.